The highest BCUT2D eigenvalue weighted by atomic mass is 16.1. The molecule has 3 aromatic carbocycles. The SMILES string of the molecule is CCn1c2ccccc2c2cc(CNC(C)CCn3cnc4ccc(C(N)=O)cc43)ccc21. The van der Waals surface area contributed by atoms with Crippen LogP contribution in [0, 0.1) is 0 Å². The molecular weight excluding hydrogens is 410 g/mol. The number of hydrogen-bond donors (Lipinski definition) is 2. The largest absolute Gasteiger partial charge is 0.366 e. The molecule has 168 valence electrons. The van der Waals surface area contributed by atoms with Crippen molar-refractivity contribution in [2.75, 3.05) is 0 Å². The molecule has 0 aliphatic rings. The average Bonchev–Trinajstić information content (AvgIpc) is 3.39. The van der Waals surface area contributed by atoms with Crippen molar-refractivity contribution in [3.8, 4) is 0 Å². The molecule has 1 unspecified atom stereocenters. The number of rotatable bonds is 8. The molecule has 2 heterocycles. The Hall–Kier alpha value is -3.64. The smallest absolute Gasteiger partial charge is 0.248 e. The van der Waals surface area contributed by atoms with Crippen molar-refractivity contribution in [3.63, 3.8) is 0 Å². The highest BCUT2D eigenvalue weighted by Crippen LogP contribution is 2.29. The molecule has 6 heteroatoms. The number of nitrogens with one attached hydrogen (secondary N) is 1. The molecule has 33 heavy (non-hydrogen) atoms. The fraction of sp³-hybridized carbons (Fsp3) is 0.259. The van der Waals surface area contributed by atoms with E-state index in [-0.39, 0.29) is 0 Å². The molecule has 5 rings (SSSR count). The van der Waals surface area contributed by atoms with Crippen LogP contribution in [0.15, 0.2) is 67.0 Å². The highest BCUT2D eigenvalue weighted by molar-refractivity contribution is 6.08. The number of primary amides is 1. The Labute approximate surface area is 193 Å². The van der Waals surface area contributed by atoms with E-state index in [1.165, 1.54) is 27.4 Å². The van der Waals surface area contributed by atoms with Gasteiger partial charge in [0.05, 0.1) is 17.4 Å². The van der Waals surface area contributed by atoms with E-state index in [2.05, 4.69) is 75.7 Å². The van der Waals surface area contributed by atoms with Crippen LogP contribution < -0.4 is 11.1 Å². The number of amides is 1. The fourth-order valence-electron chi connectivity index (χ4n) is 4.67. The molecular formula is C27H29N5O. The third-order valence-electron chi connectivity index (χ3n) is 6.52. The lowest BCUT2D eigenvalue weighted by molar-refractivity contribution is 0.100. The minimum absolute atomic E-state index is 0.328. The Balaban J connectivity index is 1.27. The summed E-state index contributed by atoms with van der Waals surface area (Å²) in [5.74, 6) is -0.418. The lowest BCUT2D eigenvalue weighted by Gasteiger charge is -2.15. The van der Waals surface area contributed by atoms with Crippen LogP contribution in [-0.2, 0) is 19.6 Å². The van der Waals surface area contributed by atoms with Gasteiger partial charge in [-0.05, 0) is 62.2 Å². The number of aromatic nitrogens is 3. The molecule has 1 amide bonds. The summed E-state index contributed by atoms with van der Waals surface area (Å²) < 4.78 is 4.47. The topological polar surface area (TPSA) is 77.9 Å². The van der Waals surface area contributed by atoms with Gasteiger partial charge in [-0.15, -0.1) is 0 Å². The molecule has 2 aromatic heterocycles. The molecule has 1 atom stereocenters. The van der Waals surface area contributed by atoms with Crippen molar-refractivity contribution in [1.82, 2.24) is 19.4 Å². The second-order valence-corrected chi connectivity index (χ2v) is 8.69. The summed E-state index contributed by atoms with van der Waals surface area (Å²) in [5, 5.41) is 6.28. The number of carbonyl (C=O) groups is 1. The fourth-order valence-corrected chi connectivity index (χ4v) is 4.67. The number of imidazole rings is 1. The number of para-hydroxylation sites is 1. The first-order valence-electron chi connectivity index (χ1n) is 11.5. The summed E-state index contributed by atoms with van der Waals surface area (Å²) in [5.41, 5.74) is 11.6. The van der Waals surface area contributed by atoms with Gasteiger partial charge in [0.15, 0.2) is 0 Å². The zero-order chi connectivity index (χ0) is 22.9. The predicted octanol–water partition coefficient (Wildman–Crippen LogP) is 4.83. The predicted molar refractivity (Wildman–Crippen MR) is 134 cm³/mol. The van der Waals surface area contributed by atoms with E-state index in [1.54, 1.807) is 6.07 Å². The monoisotopic (exact) mass is 439 g/mol. The van der Waals surface area contributed by atoms with Gasteiger partial charge in [0, 0.05) is 53.0 Å². The quantitative estimate of drug-likeness (QED) is 0.363. The number of hydrogen-bond acceptors (Lipinski definition) is 3. The first-order chi connectivity index (χ1) is 16.0. The first kappa shape index (κ1) is 21.2. The van der Waals surface area contributed by atoms with E-state index in [4.69, 9.17) is 5.73 Å². The van der Waals surface area contributed by atoms with Crippen LogP contribution in [0.4, 0.5) is 0 Å². The van der Waals surface area contributed by atoms with E-state index in [0.29, 0.717) is 11.6 Å². The van der Waals surface area contributed by atoms with Gasteiger partial charge in [-0.25, -0.2) is 4.98 Å². The second kappa shape index (κ2) is 8.71. The van der Waals surface area contributed by atoms with Gasteiger partial charge in [-0.3, -0.25) is 4.79 Å². The Morgan fingerprint density at radius 3 is 2.67 bits per heavy atom. The van der Waals surface area contributed by atoms with Gasteiger partial charge < -0.3 is 20.2 Å². The number of fused-ring (bicyclic) bond motifs is 4. The van der Waals surface area contributed by atoms with Crippen molar-refractivity contribution in [1.29, 1.82) is 0 Å². The van der Waals surface area contributed by atoms with Crippen LogP contribution in [0.25, 0.3) is 32.8 Å². The van der Waals surface area contributed by atoms with E-state index in [9.17, 15) is 4.79 Å². The molecule has 6 nitrogen and oxygen atoms in total. The summed E-state index contributed by atoms with van der Waals surface area (Å²) in [4.78, 5) is 16.0. The molecule has 0 aliphatic carbocycles. The number of aryl methyl sites for hydroxylation is 2. The minimum atomic E-state index is -0.418. The van der Waals surface area contributed by atoms with Crippen molar-refractivity contribution >= 4 is 38.7 Å². The lowest BCUT2D eigenvalue weighted by Crippen LogP contribution is -2.26. The van der Waals surface area contributed by atoms with Crippen molar-refractivity contribution < 1.29 is 4.79 Å². The van der Waals surface area contributed by atoms with Crippen LogP contribution >= 0.6 is 0 Å². The standard InChI is InChI=1S/C27H29N5O/c1-3-32-24-7-5-4-6-21(24)22-14-19(8-11-25(22)32)16-29-18(2)12-13-31-17-30-23-10-9-20(27(28)33)15-26(23)31/h4-11,14-15,17-18,29H,3,12-13,16H2,1-2H3,(H2,28,33). The lowest BCUT2D eigenvalue weighted by atomic mass is 10.1. The summed E-state index contributed by atoms with van der Waals surface area (Å²) in [6.45, 7) is 6.99. The number of nitrogens with two attached hydrogens (primary N) is 1. The normalized spacial score (nSPS) is 12.7. The Bertz CT molecular complexity index is 1460. The van der Waals surface area contributed by atoms with Gasteiger partial charge >= 0.3 is 0 Å². The Kier molecular flexibility index (Phi) is 5.60. The van der Waals surface area contributed by atoms with Gasteiger partial charge in [0.1, 0.15) is 0 Å². The Morgan fingerprint density at radius 2 is 1.85 bits per heavy atom. The van der Waals surface area contributed by atoms with Crippen molar-refractivity contribution in [2.45, 2.75) is 45.9 Å². The van der Waals surface area contributed by atoms with Crippen LogP contribution in [-0.4, -0.2) is 26.1 Å². The molecule has 0 radical (unpaired) electrons. The Morgan fingerprint density at radius 1 is 1.03 bits per heavy atom. The van der Waals surface area contributed by atoms with Crippen LogP contribution in [0.5, 0.6) is 0 Å². The van der Waals surface area contributed by atoms with Crippen LogP contribution in [0.2, 0.25) is 0 Å². The van der Waals surface area contributed by atoms with Gasteiger partial charge in [-0.1, -0.05) is 24.3 Å². The molecule has 0 spiro atoms. The molecule has 0 bridgehead atoms. The van der Waals surface area contributed by atoms with E-state index in [1.807, 2.05) is 18.5 Å². The van der Waals surface area contributed by atoms with Crippen molar-refractivity contribution in [3.05, 3.63) is 78.1 Å². The van der Waals surface area contributed by atoms with Gasteiger partial charge in [0.2, 0.25) is 5.91 Å². The maximum atomic E-state index is 11.5. The summed E-state index contributed by atoms with van der Waals surface area (Å²) in [7, 11) is 0. The molecule has 0 saturated carbocycles. The second-order valence-electron chi connectivity index (χ2n) is 8.69. The zero-order valence-electron chi connectivity index (χ0n) is 19.1. The van der Waals surface area contributed by atoms with E-state index in [0.717, 1.165) is 37.1 Å². The van der Waals surface area contributed by atoms with Gasteiger partial charge in [0.25, 0.3) is 0 Å². The van der Waals surface area contributed by atoms with Crippen LogP contribution in [0.1, 0.15) is 36.2 Å². The summed E-state index contributed by atoms with van der Waals surface area (Å²) >= 11 is 0. The third-order valence-corrected chi connectivity index (χ3v) is 6.52. The third kappa shape index (κ3) is 3.98. The number of carbonyl (C=O) groups excluding carboxylic acids is 1. The molecule has 3 N–H and O–H groups in total. The number of benzene rings is 3. The van der Waals surface area contributed by atoms with E-state index < -0.39 is 5.91 Å². The first-order valence-corrected chi connectivity index (χ1v) is 11.5. The summed E-state index contributed by atoms with van der Waals surface area (Å²) in [6, 6.07) is 21.1. The molecule has 0 aliphatic heterocycles. The number of nitrogens with zero attached hydrogens (tertiary/aromatic N) is 3. The maximum absolute atomic E-state index is 11.5. The van der Waals surface area contributed by atoms with Crippen LogP contribution in [0.3, 0.4) is 0 Å². The molecule has 0 fully saturated rings. The summed E-state index contributed by atoms with van der Waals surface area (Å²) in [6.07, 6.45) is 2.78. The van der Waals surface area contributed by atoms with Gasteiger partial charge in [-0.2, -0.15) is 0 Å². The molecule has 0 saturated heterocycles. The average molecular weight is 440 g/mol. The van der Waals surface area contributed by atoms with Crippen molar-refractivity contribution in [2.24, 2.45) is 5.73 Å². The zero-order valence-corrected chi connectivity index (χ0v) is 19.1. The van der Waals surface area contributed by atoms with E-state index >= 15 is 0 Å². The highest BCUT2D eigenvalue weighted by Gasteiger charge is 2.11. The maximum Gasteiger partial charge on any atom is 0.248 e. The molecule has 5 aromatic rings. The minimum Gasteiger partial charge on any atom is -0.366 e.